The van der Waals surface area contributed by atoms with E-state index in [-0.39, 0.29) is 0 Å². The largest absolute Gasteiger partial charge is 0.309 e. The van der Waals surface area contributed by atoms with Gasteiger partial charge in [-0.2, -0.15) is 0 Å². The van der Waals surface area contributed by atoms with E-state index in [1.165, 1.54) is 0 Å². The number of rotatable bonds is 4. The zero-order chi connectivity index (χ0) is 13.0. The van der Waals surface area contributed by atoms with E-state index in [0.717, 1.165) is 28.6 Å². The lowest BCUT2D eigenvalue weighted by atomic mass is 10.2. The summed E-state index contributed by atoms with van der Waals surface area (Å²) in [7, 11) is 0. The van der Waals surface area contributed by atoms with Crippen molar-refractivity contribution in [1.82, 2.24) is 15.3 Å². The average Bonchev–Trinajstić information content (AvgIpc) is 2.37. The van der Waals surface area contributed by atoms with Gasteiger partial charge in [0.2, 0.25) is 0 Å². The lowest BCUT2D eigenvalue weighted by molar-refractivity contribution is 0.581. The molecule has 4 heteroatoms. The lowest BCUT2D eigenvalue weighted by Crippen LogP contribution is -2.22. The molecule has 2 rings (SSSR count). The van der Waals surface area contributed by atoms with Crippen LogP contribution in [0.3, 0.4) is 0 Å². The number of nitrogens with one attached hydrogen (secondary N) is 1. The van der Waals surface area contributed by atoms with Crippen molar-refractivity contribution >= 4 is 11.6 Å². The summed E-state index contributed by atoms with van der Waals surface area (Å²) in [5.74, 6) is 0.731. The molecule has 0 bridgehead atoms. The van der Waals surface area contributed by atoms with Gasteiger partial charge in [0.1, 0.15) is 0 Å². The summed E-state index contributed by atoms with van der Waals surface area (Å²) < 4.78 is 0. The summed E-state index contributed by atoms with van der Waals surface area (Å²) in [4.78, 5) is 8.81. The molecule has 1 N–H and O–H groups in total. The lowest BCUT2D eigenvalue weighted by Gasteiger charge is -2.08. The fourth-order valence-electron chi connectivity index (χ4n) is 1.54. The van der Waals surface area contributed by atoms with Crippen LogP contribution in [0.15, 0.2) is 36.5 Å². The fraction of sp³-hybridized carbons (Fsp3) is 0.286. The van der Waals surface area contributed by atoms with E-state index in [9.17, 15) is 0 Å². The summed E-state index contributed by atoms with van der Waals surface area (Å²) in [6.45, 7) is 4.98. The SMILES string of the molecule is CC(C)NCc1ccnc(-c2ccc(Cl)cc2)n1. The van der Waals surface area contributed by atoms with Crippen LogP contribution in [0.2, 0.25) is 5.02 Å². The number of nitrogens with zero attached hydrogens (tertiary/aromatic N) is 2. The quantitative estimate of drug-likeness (QED) is 0.918. The van der Waals surface area contributed by atoms with Gasteiger partial charge < -0.3 is 5.32 Å². The molecule has 0 amide bonds. The second-order valence-corrected chi connectivity index (χ2v) is 4.85. The second kappa shape index (κ2) is 5.94. The summed E-state index contributed by atoms with van der Waals surface area (Å²) in [6.07, 6.45) is 1.79. The maximum Gasteiger partial charge on any atom is 0.159 e. The van der Waals surface area contributed by atoms with Crippen molar-refractivity contribution in [3.05, 3.63) is 47.2 Å². The number of aromatic nitrogens is 2. The van der Waals surface area contributed by atoms with E-state index in [2.05, 4.69) is 29.1 Å². The molecule has 1 aromatic heterocycles. The Balaban J connectivity index is 2.18. The van der Waals surface area contributed by atoms with E-state index in [0.29, 0.717) is 6.04 Å². The first-order valence-corrected chi connectivity index (χ1v) is 6.34. The minimum atomic E-state index is 0.443. The van der Waals surface area contributed by atoms with Gasteiger partial charge in [-0.3, -0.25) is 0 Å². The molecule has 0 unspecified atom stereocenters. The van der Waals surface area contributed by atoms with Crippen molar-refractivity contribution in [1.29, 1.82) is 0 Å². The van der Waals surface area contributed by atoms with Gasteiger partial charge in [0.15, 0.2) is 5.82 Å². The predicted octanol–water partition coefficient (Wildman–Crippen LogP) is 3.30. The van der Waals surface area contributed by atoms with Crippen molar-refractivity contribution in [2.24, 2.45) is 0 Å². The minimum absolute atomic E-state index is 0.443. The van der Waals surface area contributed by atoms with E-state index >= 15 is 0 Å². The number of hydrogen-bond acceptors (Lipinski definition) is 3. The fourth-order valence-corrected chi connectivity index (χ4v) is 1.67. The number of hydrogen-bond donors (Lipinski definition) is 1. The van der Waals surface area contributed by atoms with Gasteiger partial charge in [-0.05, 0) is 30.3 Å². The van der Waals surface area contributed by atoms with Crippen LogP contribution in [-0.2, 0) is 6.54 Å². The van der Waals surface area contributed by atoms with Crippen LogP contribution in [0.1, 0.15) is 19.5 Å². The monoisotopic (exact) mass is 261 g/mol. The zero-order valence-electron chi connectivity index (χ0n) is 10.5. The Morgan fingerprint density at radius 3 is 2.56 bits per heavy atom. The van der Waals surface area contributed by atoms with Crippen molar-refractivity contribution in [2.45, 2.75) is 26.4 Å². The average molecular weight is 262 g/mol. The molecule has 0 aliphatic carbocycles. The third-order valence-corrected chi connectivity index (χ3v) is 2.76. The van der Waals surface area contributed by atoms with Crippen molar-refractivity contribution in [3.63, 3.8) is 0 Å². The number of benzene rings is 1. The molecule has 0 saturated carbocycles. The second-order valence-electron chi connectivity index (χ2n) is 4.41. The van der Waals surface area contributed by atoms with Gasteiger partial charge in [0.25, 0.3) is 0 Å². The maximum atomic E-state index is 5.86. The highest BCUT2D eigenvalue weighted by Crippen LogP contribution is 2.17. The standard InChI is InChI=1S/C14H16ClN3/c1-10(2)17-9-13-7-8-16-14(18-13)11-3-5-12(15)6-4-11/h3-8,10,17H,9H2,1-2H3. The van der Waals surface area contributed by atoms with Crippen LogP contribution in [0.4, 0.5) is 0 Å². The van der Waals surface area contributed by atoms with Gasteiger partial charge in [-0.1, -0.05) is 25.4 Å². The van der Waals surface area contributed by atoms with Crippen molar-refractivity contribution in [2.75, 3.05) is 0 Å². The molecule has 0 saturated heterocycles. The highest BCUT2D eigenvalue weighted by Gasteiger charge is 2.03. The highest BCUT2D eigenvalue weighted by atomic mass is 35.5. The van der Waals surface area contributed by atoms with Crippen LogP contribution in [-0.4, -0.2) is 16.0 Å². The molecule has 0 aliphatic rings. The predicted molar refractivity (Wildman–Crippen MR) is 74.5 cm³/mol. The third kappa shape index (κ3) is 3.52. The topological polar surface area (TPSA) is 37.8 Å². The van der Waals surface area contributed by atoms with Gasteiger partial charge in [0.05, 0.1) is 5.69 Å². The summed E-state index contributed by atoms with van der Waals surface area (Å²) in [5, 5.41) is 4.06. The van der Waals surface area contributed by atoms with E-state index in [4.69, 9.17) is 11.6 Å². The van der Waals surface area contributed by atoms with Crippen LogP contribution in [0.5, 0.6) is 0 Å². The van der Waals surface area contributed by atoms with Crippen molar-refractivity contribution in [3.8, 4) is 11.4 Å². The minimum Gasteiger partial charge on any atom is -0.309 e. The summed E-state index contributed by atoms with van der Waals surface area (Å²) >= 11 is 5.86. The Kier molecular flexibility index (Phi) is 4.28. The Bertz CT molecular complexity index is 509. The Morgan fingerprint density at radius 1 is 1.17 bits per heavy atom. The third-order valence-electron chi connectivity index (χ3n) is 2.51. The van der Waals surface area contributed by atoms with Crippen LogP contribution < -0.4 is 5.32 Å². The molecular weight excluding hydrogens is 246 g/mol. The summed E-state index contributed by atoms with van der Waals surface area (Å²) in [6, 6.07) is 9.92. The van der Waals surface area contributed by atoms with Gasteiger partial charge >= 0.3 is 0 Å². The first-order chi connectivity index (χ1) is 8.65. The Hall–Kier alpha value is -1.45. The zero-order valence-corrected chi connectivity index (χ0v) is 11.3. The molecule has 0 spiro atoms. The van der Waals surface area contributed by atoms with Crippen LogP contribution in [0.25, 0.3) is 11.4 Å². The van der Waals surface area contributed by atoms with Crippen LogP contribution >= 0.6 is 11.6 Å². The first-order valence-electron chi connectivity index (χ1n) is 5.96. The molecule has 0 aliphatic heterocycles. The molecule has 0 atom stereocenters. The molecule has 1 aromatic carbocycles. The molecule has 18 heavy (non-hydrogen) atoms. The molecular formula is C14H16ClN3. The Labute approximate surface area is 112 Å². The first kappa shape index (κ1) is 13.0. The molecule has 2 aromatic rings. The van der Waals surface area contributed by atoms with E-state index in [1.807, 2.05) is 30.3 Å². The smallest absolute Gasteiger partial charge is 0.159 e. The Morgan fingerprint density at radius 2 is 1.89 bits per heavy atom. The van der Waals surface area contributed by atoms with E-state index < -0.39 is 0 Å². The summed E-state index contributed by atoms with van der Waals surface area (Å²) in [5.41, 5.74) is 1.97. The van der Waals surface area contributed by atoms with Gasteiger partial charge in [-0.25, -0.2) is 9.97 Å². The van der Waals surface area contributed by atoms with Crippen LogP contribution in [0, 0.1) is 0 Å². The number of halogens is 1. The molecule has 3 nitrogen and oxygen atoms in total. The maximum absolute atomic E-state index is 5.86. The normalized spacial score (nSPS) is 10.9. The van der Waals surface area contributed by atoms with Gasteiger partial charge in [-0.15, -0.1) is 0 Å². The van der Waals surface area contributed by atoms with Gasteiger partial charge in [0, 0.05) is 29.4 Å². The van der Waals surface area contributed by atoms with E-state index in [1.54, 1.807) is 6.20 Å². The molecule has 0 radical (unpaired) electrons. The molecule has 0 fully saturated rings. The van der Waals surface area contributed by atoms with Crippen molar-refractivity contribution < 1.29 is 0 Å². The highest BCUT2D eigenvalue weighted by molar-refractivity contribution is 6.30. The molecule has 94 valence electrons. The molecule has 1 heterocycles.